The molecule has 1 fully saturated rings. The Morgan fingerprint density at radius 3 is 2.05 bits per heavy atom. The van der Waals surface area contributed by atoms with Crippen LogP contribution in [0.2, 0.25) is 0 Å². The molecule has 0 aliphatic carbocycles. The Labute approximate surface area is 132 Å². The van der Waals surface area contributed by atoms with Crippen molar-refractivity contribution in [2.24, 2.45) is 0 Å². The lowest BCUT2D eigenvalue weighted by atomic mass is 9.99. The summed E-state index contributed by atoms with van der Waals surface area (Å²) in [7, 11) is -4.01. The van der Waals surface area contributed by atoms with Crippen LogP contribution in [-0.2, 0) is 38.1 Å². The SMILES string of the molecule is CC(=O)O[C@@H]1[C@@H](OS(C)(=O)=O)[C@@H](O)O[C@H](CCl)[C@H]1OC(C)=O. The molecule has 1 saturated heterocycles. The third kappa shape index (κ3) is 5.36. The summed E-state index contributed by atoms with van der Waals surface area (Å²) in [6, 6.07) is 0. The van der Waals surface area contributed by atoms with Crippen molar-refractivity contribution in [3.8, 4) is 0 Å². The normalized spacial score (nSPS) is 32.3. The molecular formula is C11H17ClO9S. The molecule has 5 atom stereocenters. The standard InChI is InChI=1S/C11H17ClO9S/c1-5(13)18-8-7(4-12)20-11(15)10(21-22(3,16)17)9(8)19-6(2)14/h7-11,15H,4H2,1-3H3/t7-,8-,9+,10-,11+/m1/s1. The molecule has 11 heteroatoms. The van der Waals surface area contributed by atoms with Gasteiger partial charge in [0.25, 0.3) is 10.1 Å². The Hall–Kier alpha value is -0.940. The van der Waals surface area contributed by atoms with Crippen molar-refractivity contribution >= 4 is 33.7 Å². The van der Waals surface area contributed by atoms with E-state index in [9.17, 15) is 23.1 Å². The Morgan fingerprint density at radius 1 is 1.14 bits per heavy atom. The molecule has 0 aromatic carbocycles. The summed E-state index contributed by atoms with van der Waals surface area (Å²) in [5.74, 6) is -1.71. The minimum absolute atomic E-state index is 0.196. The summed E-state index contributed by atoms with van der Waals surface area (Å²) >= 11 is 5.68. The highest BCUT2D eigenvalue weighted by Crippen LogP contribution is 2.29. The summed E-state index contributed by atoms with van der Waals surface area (Å²) in [5.41, 5.74) is 0. The number of carbonyl (C=O) groups excluding carboxylic acids is 2. The molecule has 1 N–H and O–H groups in total. The largest absolute Gasteiger partial charge is 0.456 e. The Bertz CT molecular complexity index is 520. The van der Waals surface area contributed by atoms with Crippen molar-refractivity contribution in [2.45, 2.75) is 44.6 Å². The minimum Gasteiger partial charge on any atom is -0.456 e. The van der Waals surface area contributed by atoms with Gasteiger partial charge in [0.1, 0.15) is 6.10 Å². The highest BCUT2D eigenvalue weighted by Gasteiger charge is 2.51. The van der Waals surface area contributed by atoms with Gasteiger partial charge in [-0.15, -0.1) is 11.6 Å². The molecule has 0 amide bonds. The average Bonchev–Trinajstić information content (AvgIpc) is 2.34. The molecule has 9 nitrogen and oxygen atoms in total. The molecule has 22 heavy (non-hydrogen) atoms. The number of esters is 2. The van der Waals surface area contributed by atoms with E-state index in [1.165, 1.54) is 0 Å². The van der Waals surface area contributed by atoms with Gasteiger partial charge in [0.2, 0.25) is 0 Å². The summed E-state index contributed by atoms with van der Waals surface area (Å²) < 4.78 is 42.3. The van der Waals surface area contributed by atoms with Crippen LogP contribution < -0.4 is 0 Å². The maximum absolute atomic E-state index is 11.3. The van der Waals surface area contributed by atoms with Gasteiger partial charge in [0.05, 0.1) is 12.1 Å². The van der Waals surface area contributed by atoms with Crippen LogP contribution >= 0.6 is 11.6 Å². The van der Waals surface area contributed by atoms with Crippen LogP contribution in [0.4, 0.5) is 0 Å². The first-order chi connectivity index (χ1) is 10.0. The molecule has 1 rings (SSSR count). The molecule has 1 heterocycles. The van der Waals surface area contributed by atoms with E-state index in [-0.39, 0.29) is 5.88 Å². The van der Waals surface area contributed by atoms with Gasteiger partial charge in [-0.25, -0.2) is 0 Å². The van der Waals surface area contributed by atoms with Gasteiger partial charge in [-0.2, -0.15) is 8.42 Å². The van der Waals surface area contributed by atoms with E-state index in [4.69, 9.17) is 30.0 Å². The van der Waals surface area contributed by atoms with Crippen LogP contribution in [0.1, 0.15) is 13.8 Å². The van der Waals surface area contributed by atoms with Crippen molar-refractivity contribution < 1.29 is 41.5 Å². The number of aliphatic hydroxyl groups excluding tert-OH is 1. The highest BCUT2D eigenvalue weighted by atomic mass is 35.5. The van der Waals surface area contributed by atoms with Gasteiger partial charge in [-0.3, -0.25) is 13.8 Å². The van der Waals surface area contributed by atoms with E-state index >= 15 is 0 Å². The number of alkyl halides is 1. The van der Waals surface area contributed by atoms with E-state index in [0.29, 0.717) is 0 Å². The quantitative estimate of drug-likeness (QED) is 0.379. The van der Waals surface area contributed by atoms with Crippen LogP contribution in [0.25, 0.3) is 0 Å². The Kier molecular flexibility index (Phi) is 6.56. The fourth-order valence-electron chi connectivity index (χ4n) is 1.98. The van der Waals surface area contributed by atoms with Crippen molar-refractivity contribution in [3.05, 3.63) is 0 Å². The number of ether oxygens (including phenoxy) is 3. The molecule has 0 unspecified atom stereocenters. The van der Waals surface area contributed by atoms with Crippen molar-refractivity contribution in [2.75, 3.05) is 12.1 Å². The summed E-state index contributed by atoms with van der Waals surface area (Å²) in [6.07, 6.45) is -6.22. The topological polar surface area (TPSA) is 125 Å². The number of carbonyl (C=O) groups is 2. The smallest absolute Gasteiger partial charge is 0.303 e. The molecular weight excluding hydrogens is 344 g/mol. The number of hydrogen-bond donors (Lipinski definition) is 1. The molecule has 0 spiro atoms. The molecule has 0 radical (unpaired) electrons. The zero-order valence-corrected chi connectivity index (χ0v) is 13.7. The summed E-state index contributed by atoms with van der Waals surface area (Å²) in [4.78, 5) is 22.4. The molecule has 1 aliphatic rings. The first kappa shape index (κ1) is 19.1. The zero-order valence-electron chi connectivity index (χ0n) is 12.1. The average molecular weight is 361 g/mol. The van der Waals surface area contributed by atoms with Gasteiger partial charge < -0.3 is 19.3 Å². The highest BCUT2D eigenvalue weighted by molar-refractivity contribution is 7.86. The molecule has 0 bridgehead atoms. The van der Waals surface area contributed by atoms with E-state index in [1.54, 1.807) is 0 Å². The molecule has 128 valence electrons. The second-order valence-electron chi connectivity index (χ2n) is 4.63. The van der Waals surface area contributed by atoms with Crippen molar-refractivity contribution in [3.63, 3.8) is 0 Å². The predicted molar refractivity (Wildman–Crippen MR) is 72.4 cm³/mol. The van der Waals surface area contributed by atoms with Gasteiger partial charge in [0, 0.05) is 13.8 Å². The van der Waals surface area contributed by atoms with Gasteiger partial charge in [-0.05, 0) is 0 Å². The first-order valence-electron chi connectivity index (χ1n) is 6.17. The third-order valence-electron chi connectivity index (χ3n) is 2.65. The predicted octanol–water partition coefficient (Wildman–Crippen LogP) is -0.849. The molecule has 0 aromatic rings. The van der Waals surface area contributed by atoms with Gasteiger partial charge >= 0.3 is 11.9 Å². The van der Waals surface area contributed by atoms with Crippen LogP contribution in [-0.4, -0.2) is 68.3 Å². The number of hydrogen-bond acceptors (Lipinski definition) is 9. The lowest BCUT2D eigenvalue weighted by Gasteiger charge is -2.42. The fraction of sp³-hybridized carbons (Fsp3) is 0.818. The van der Waals surface area contributed by atoms with Gasteiger partial charge in [0.15, 0.2) is 24.6 Å². The first-order valence-corrected chi connectivity index (χ1v) is 8.52. The van der Waals surface area contributed by atoms with E-state index in [1.807, 2.05) is 0 Å². The Balaban J connectivity index is 3.16. The van der Waals surface area contributed by atoms with Crippen molar-refractivity contribution in [1.29, 1.82) is 0 Å². The van der Waals surface area contributed by atoms with Crippen molar-refractivity contribution in [1.82, 2.24) is 0 Å². The lowest BCUT2D eigenvalue weighted by Crippen LogP contribution is -2.61. The molecule has 0 saturated carbocycles. The Morgan fingerprint density at radius 2 is 1.64 bits per heavy atom. The van der Waals surface area contributed by atoms with Crippen LogP contribution in [0.15, 0.2) is 0 Å². The lowest BCUT2D eigenvalue weighted by molar-refractivity contribution is -0.277. The third-order valence-corrected chi connectivity index (χ3v) is 3.53. The van der Waals surface area contributed by atoms with E-state index in [0.717, 1.165) is 20.1 Å². The van der Waals surface area contributed by atoms with Gasteiger partial charge in [-0.1, -0.05) is 0 Å². The fourth-order valence-corrected chi connectivity index (χ4v) is 2.84. The van der Waals surface area contributed by atoms with Crippen LogP contribution in [0.3, 0.4) is 0 Å². The van der Waals surface area contributed by atoms with E-state index in [2.05, 4.69) is 0 Å². The second kappa shape index (κ2) is 7.55. The maximum atomic E-state index is 11.3. The zero-order chi connectivity index (χ0) is 17.1. The second-order valence-corrected chi connectivity index (χ2v) is 6.54. The van der Waals surface area contributed by atoms with Crippen LogP contribution in [0, 0.1) is 0 Å². The monoisotopic (exact) mass is 360 g/mol. The molecule has 0 aromatic heterocycles. The number of halogens is 1. The minimum atomic E-state index is -4.01. The summed E-state index contributed by atoms with van der Waals surface area (Å²) in [5, 5.41) is 9.87. The number of rotatable bonds is 5. The number of aliphatic hydroxyl groups is 1. The maximum Gasteiger partial charge on any atom is 0.303 e. The van der Waals surface area contributed by atoms with Crippen LogP contribution in [0.5, 0.6) is 0 Å². The summed E-state index contributed by atoms with van der Waals surface area (Å²) in [6.45, 7) is 2.17. The molecule has 1 aliphatic heterocycles. The van der Waals surface area contributed by atoms with E-state index < -0.39 is 52.8 Å².